The lowest BCUT2D eigenvalue weighted by Crippen LogP contribution is -2.10. The van der Waals surface area contributed by atoms with Gasteiger partial charge in [-0.1, -0.05) is 19.3 Å². The Morgan fingerprint density at radius 1 is 1.08 bits per heavy atom. The molecule has 1 aliphatic rings. The average molecular weight is 166 g/mol. The van der Waals surface area contributed by atoms with Gasteiger partial charge in [-0.05, 0) is 30.4 Å². The predicted molar refractivity (Wildman–Crippen MR) is 46.8 cm³/mol. The Kier molecular flexibility index (Phi) is 3.71. The summed E-state index contributed by atoms with van der Waals surface area (Å²) in [5, 5.41) is 0. The molecule has 0 aliphatic heterocycles. The van der Waals surface area contributed by atoms with Gasteiger partial charge in [-0.3, -0.25) is 9.59 Å². The van der Waals surface area contributed by atoms with Crippen LogP contribution in [0.4, 0.5) is 0 Å². The third-order valence-electron chi connectivity index (χ3n) is 2.47. The monoisotopic (exact) mass is 166 g/mol. The van der Waals surface area contributed by atoms with Gasteiger partial charge in [-0.2, -0.15) is 0 Å². The van der Waals surface area contributed by atoms with Crippen molar-refractivity contribution in [2.75, 3.05) is 0 Å². The average Bonchev–Trinajstić information content (AvgIpc) is 2.15. The molecule has 1 rings (SSSR count). The number of carbonyl (C=O) groups excluding carboxylic acids is 2. The molecule has 1 aliphatic carbocycles. The van der Waals surface area contributed by atoms with E-state index >= 15 is 0 Å². The molecule has 0 amide bonds. The fourth-order valence-corrected chi connectivity index (χ4v) is 1.79. The second-order valence-corrected chi connectivity index (χ2v) is 3.26. The normalized spacial score (nSPS) is 20.5. The zero-order chi connectivity index (χ0) is 8.81. The summed E-state index contributed by atoms with van der Waals surface area (Å²) < 4.78 is 0. The molecule has 0 unspecified atom stereocenters. The minimum absolute atomic E-state index is 0.349. The van der Waals surface area contributed by atoms with E-state index in [9.17, 15) is 9.59 Å². The maximum Gasteiger partial charge on any atom is 0.146 e. The van der Waals surface area contributed by atoms with Gasteiger partial charge in [-0.25, -0.2) is 0 Å². The maximum absolute atomic E-state index is 10.6. The van der Waals surface area contributed by atoms with E-state index in [0.29, 0.717) is 17.8 Å². The van der Waals surface area contributed by atoms with Gasteiger partial charge >= 0.3 is 0 Å². The van der Waals surface area contributed by atoms with Crippen LogP contribution in [0.3, 0.4) is 0 Å². The fraction of sp³-hybridized carbons (Fsp3) is 0.600. The minimum Gasteiger partial charge on any atom is -0.299 e. The number of hydrogen-bond acceptors (Lipinski definition) is 2. The van der Waals surface area contributed by atoms with Crippen LogP contribution in [0.5, 0.6) is 0 Å². The molecular weight excluding hydrogens is 152 g/mol. The summed E-state index contributed by atoms with van der Waals surface area (Å²) in [5.74, 6) is 0.349. The van der Waals surface area contributed by atoms with Crippen molar-refractivity contribution in [3.63, 3.8) is 0 Å². The molecule has 0 aromatic heterocycles. The summed E-state index contributed by atoms with van der Waals surface area (Å²) in [6, 6.07) is 0. The van der Waals surface area contributed by atoms with E-state index in [-0.39, 0.29) is 0 Å². The summed E-state index contributed by atoms with van der Waals surface area (Å²) in [5.41, 5.74) is 0.685. The summed E-state index contributed by atoms with van der Waals surface area (Å²) in [4.78, 5) is 20.7. The lowest BCUT2D eigenvalue weighted by Gasteiger charge is -2.20. The first-order valence-corrected chi connectivity index (χ1v) is 4.49. The van der Waals surface area contributed by atoms with Crippen LogP contribution in [0.2, 0.25) is 0 Å². The summed E-state index contributed by atoms with van der Waals surface area (Å²) >= 11 is 0. The molecule has 2 heteroatoms. The van der Waals surface area contributed by atoms with Crippen molar-refractivity contribution in [1.29, 1.82) is 0 Å². The van der Waals surface area contributed by atoms with Crippen LogP contribution in [0.15, 0.2) is 11.6 Å². The molecule has 66 valence electrons. The van der Waals surface area contributed by atoms with Crippen LogP contribution in [0.1, 0.15) is 32.1 Å². The molecule has 0 heterocycles. The number of aldehydes is 2. The lowest BCUT2D eigenvalue weighted by atomic mass is 9.84. The number of hydrogen-bond donors (Lipinski definition) is 0. The van der Waals surface area contributed by atoms with Gasteiger partial charge in [0, 0.05) is 0 Å². The first-order valence-electron chi connectivity index (χ1n) is 4.49. The highest BCUT2D eigenvalue weighted by molar-refractivity contribution is 5.82. The third kappa shape index (κ3) is 2.29. The van der Waals surface area contributed by atoms with Crippen molar-refractivity contribution < 1.29 is 9.59 Å². The van der Waals surface area contributed by atoms with Crippen molar-refractivity contribution in [2.24, 2.45) is 5.92 Å². The quantitative estimate of drug-likeness (QED) is 0.474. The highest BCUT2D eigenvalue weighted by Crippen LogP contribution is 2.28. The van der Waals surface area contributed by atoms with Crippen molar-refractivity contribution in [3.05, 3.63) is 11.6 Å². The Labute approximate surface area is 72.7 Å². The highest BCUT2D eigenvalue weighted by atomic mass is 16.1. The van der Waals surface area contributed by atoms with Gasteiger partial charge in [0.05, 0.1) is 0 Å². The van der Waals surface area contributed by atoms with Crippen LogP contribution in [-0.4, -0.2) is 12.6 Å². The Hall–Kier alpha value is -0.920. The van der Waals surface area contributed by atoms with E-state index in [2.05, 4.69) is 0 Å². The minimum atomic E-state index is 0.349. The number of allylic oxidation sites excluding steroid dienone is 2. The standard InChI is InChI=1S/C10H14O2/c11-7-6-10(8-12)9-4-2-1-3-5-9/h6-9H,1-5H2. The van der Waals surface area contributed by atoms with E-state index in [1.165, 1.54) is 25.3 Å². The zero-order valence-electron chi connectivity index (χ0n) is 7.16. The molecule has 0 radical (unpaired) electrons. The van der Waals surface area contributed by atoms with E-state index in [1.54, 1.807) is 0 Å². The first-order chi connectivity index (χ1) is 5.88. The van der Waals surface area contributed by atoms with E-state index in [4.69, 9.17) is 0 Å². The predicted octanol–water partition coefficient (Wildman–Crippen LogP) is 1.89. The Morgan fingerprint density at radius 3 is 2.25 bits per heavy atom. The van der Waals surface area contributed by atoms with Crippen LogP contribution >= 0.6 is 0 Å². The fourth-order valence-electron chi connectivity index (χ4n) is 1.79. The van der Waals surface area contributed by atoms with Crippen molar-refractivity contribution in [1.82, 2.24) is 0 Å². The van der Waals surface area contributed by atoms with E-state index in [1.807, 2.05) is 0 Å². The van der Waals surface area contributed by atoms with Crippen LogP contribution in [0, 0.1) is 5.92 Å². The molecule has 0 aromatic rings. The molecule has 1 saturated carbocycles. The van der Waals surface area contributed by atoms with Gasteiger partial charge in [0.25, 0.3) is 0 Å². The summed E-state index contributed by atoms with van der Waals surface area (Å²) in [6.45, 7) is 0. The third-order valence-corrected chi connectivity index (χ3v) is 2.47. The highest BCUT2D eigenvalue weighted by Gasteiger charge is 2.16. The van der Waals surface area contributed by atoms with Crippen LogP contribution < -0.4 is 0 Å². The SMILES string of the molecule is O=CC=C(C=O)C1CCCCC1. The largest absolute Gasteiger partial charge is 0.299 e. The van der Waals surface area contributed by atoms with Crippen molar-refractivity contribution in [2.45, 2.75) is 32.1 Å². The summed E-state index contributed by atoms with van der Waals surface area (Å²) in [6.07, 6.45) is 8.72. The second kappa shape index (κ2) is 4.86. The van der Waals surface area contributed by atoms with Crippen LogP contribution in [-0.2, 0) is 9.59 Å². The molecule has 0 spiro atoms. The van der Waals surface area contributed by atoms with Gasteiger partial charge in [0.15, 0.2) is 0 Å². The molecule has 0 atom stereocenters. The Morgan fingerprint density at radius 2 is 1.75 bits per heavy atom. The van der Waals surface area contributed by atoms with E-state index < -0.39 is 0 Å². The molecular formula is C10H14O2. The van der Waals surface area contributed by atoms with Gasteiger partial charge in [0.2, 0.25) is 0 Å². The zero-order valence-corrected chi connectivity index (χ0v) is 7.16. The Bertz CT molecular complexity index is 188. The first kappa shape index (κ1) is 9.17. The molecule has 0 N–H and O–H groups in total. The smallest absolute Gasteiger partial charge is 0.146 e. The van der Waals surface area contributed by atoms with Gasteiger partial charge in [-0.15, -0.1) is 0 Å². The molecule has 0 aromatic carbocycles. The molecule has 0 bridgehead atoms. The van der Waals surface area contributed by atoms with E-state index in [0.717, 1.165) is 19.1 Å². The van der Waals surface area contributed by atoms with Gasteiger partial charge in [0.1, 0.15) is 12.6 Å². The second-order valence-electron chi connectivity index (χ2n) is 3.26. The number of rotatable bonds is 3. The van der Waals surface area contributed by atoms with Crippen molar-refractivity contribution in [3.8, 4) is 0 Å². The topological polar surface area (TPSA) is 34.1 Å². The maximum atomic E-state index is 10.6. The van der Waals surface area contributed by atoms with Crippen molar-refractivity contribution >= 4 is 12.6 Å². The van der Waals surface area contributed by atoms with Crippen LogP contribution in [0.25, 0.3) is 0 Å². The van der Waals surface area contributed by atoms with Gasteiger partial charge < -0.3 is 0 Å². The summed E-state index contributed by atoms with van der Waals surface area (Å²) in [7, 11) is 0. The Balaban J connectivity index is 2.57. The molecule has 12 heavy (non-hydrogen) atoms. The molecule has 1 fully saturated rings. The lowest BCUT2D eigenvalue weighted by molar-refractivity contribution is -0.107. The molecule has 2 nitrogen and oxygen atoms in total. The number of carbonyl (C=O) groups is 2. The molecule has 0 saturated heterocycles.